The van der Waals surface area contributed by atoms with Crippen LogP contribution in [0.5, 0.6) is 5.75 Å². The van der Waals surface area contributed by atoms with Gasteiger partial charge in [0.1, 0.15) is 11.6 Å². The number of amides is 1. The van der Waals surface area contributed by atoms with Crippen LogP contribution in [0.4, 0.5) is 4.39 Å². The van der Waals surface area contributed by atoms with E-state index in [9.17, 15) is 9.18 Å². The van der Waals surface area contributed by atoms with E-state index in [1.54, 1.807) is 6.07 Å². The van der Waals surface area contributed by atoms with Crippen molar-refractivity contribution in [3.8, 4) is 5.75 Å². The van der Waals surface area contributed by atoms with Gasteiger partial charge in [0.2, 0.25) is 0 Å². The molecule has 0 radical (unpaired) electrons. The first kappa shape index (κ1) is 24.5. The molecule has 3 aromatic carbocycles. The van der Waals surface area contributed by atoms with Crippen LogP contribution in [-0.2, 0) is 0 Å². The summed E-state index contributed by atoms with van der Waals surface area (Å²) < 4.78 is 24.0. The van der Waals surface area contributed by atoms with Crippen LogP contribution in [0.25, 0.3) is 0 Å². The monoisotopic (exact) mass is 516 g/mol. The lowest BCUT2D eigenvalue weighted by Gasteiger charge is -2.44. The number of likely N-dealkylation sites (tertiary alicyclic amines) is 1. The maximum atomic E-state index is 15.0. The van der Waals surface area contributed by atoms with Crippen LogP contribution in [0.1, 0.15) is 64.7 Å². The molecule has 1 saturated heterocycles. The van der Waals surface area contributed by atoms with Crippen LogP contribution < -0.4 is 9.46 Å². The summed E-state index contributed by atoms with van der Waals surface area (Å²) >= 11 is 1.39. The van der Waals surface area contributed by atoms with Gasteiger partial charge in [-0.1, -0.05) is 60.7 Å². The molecular weight excluding hydrogens is 483 g/mol. The van der Waals surface area contributed by atoms with Crippen molar-refractivity contribution >= 4 is 17.9 Å². The highest BCUT2D eigenvalue weighted by Crippen LogP contribution is 2.45. The molecule has 1 N–H and O–H groups in total. The smallest absolute Gasteiger partial charge is 0.264 e. The SMILES string of the molecule is O=C(NSCC1CC1)c1cc(C2CC2)c(OCC2CN(C(c3ccccc3)c3ccccc3)C2)cc1F. The summed E-state index contributed by atoms with van der Waals surface area (Å²) in [6.07, 6.45) is 4.58. The summed E-state index contributed by atoms with van der Waals surface area (Å²) in [5.74, 6) is 2.09. The van der Waals surface area contributed by atoms with Crippen molar-refractivity contribution in [2.45, 2.75) is 37.6 Å². The van der Waals surface area contributed by atoms with E-state index in [0.29, 0.717) is 30.1 Å². The highest BCUT2D eigenvalue weighted by atomic mass is 32.2. The topological polar surface area (TPSA) is 41.6 Å². The van der Waals surface area contributed by atoms with Gasteiger partial charge < -0.3 is 4.74 Å². The van der Waals surface area contributed by atoms with Crippen LogP contribution in [0.15, 0.2) is 72.8 Å². The molecule has 1 heterocycles. The third-order valence-electron chi connectivity index (χ3n) is 7.60. The van der Waals surface area contributed by atoms with Gasteiger partial charge in [-0.3, -0.25) is 14.4 Å². The second kappa shape index (κ2) is 10.9. The van der Waals surface area contributed by atoms with Crippen LogP contribution in [0, 0.1) is 17.7 Å². The number of carbonyl (C=O) groups is 1. The van der Waals surface area contributed by atoms with E-state index in [1.807, 2.05) is 0 Å². The second-order valence-electron chi connectivity index (χ2n) is 10.7. The quantitative estimate of drug-likeness (QED) is 0.292. The van der Waals surface area contributed by atoms with Crippen molar-refractivity contribution in [2.75, 3.05) is 25.4 Å². The van der Waals surface area contributed by atoms with Gasteiger partial charge in [0, 0.05) is 30.8 Å². The Labute approximate surface area is 222 Å². The number of benzene rings is 3. The molecule has 0 atom stereocenters. The predicted octanol–water partition coefficient (Wildman–Crippen LogP) is 6.59. The van der Waals surface area contributed by atoms with Crippen molar-refractivity contribution in [2.24, 2.45) is 11.8 Å². The van der Waals surface area contributed by atoms with Gasteiger partial charge in [-0.05, 0) is 72.2 Å². The Morgan fingerprint density at radius 2 is 1.59 bits per heavy atom. The van der Waals surface area contributed by atoms with Crippen LogP contribution in [0.2, 0.25) is 0 Å². The second-order valence-corrected chi connectivity index (χ2v) is 11.5. The number of nitrogens with zero attached hydrogens (tertiary/aromatic N) is 1. The number of ether oxygens (including phenoxy) is 1. The van der Waals surface area contributed by atoms with Crippen LogP contribution in [-0.4, -0.2) is 36.3 Å². The molecule has 0 unspecified atom stereocenters. The van der Waals surface area contributed by atoms with E-state index in [4.69, 9.17) is 4.74 Å². The molecule has 6 heteroatoms. The molecule has 192 valence electrons. The number of nitrogens with one attached hydrogen (secondary N) is 1. The molecule has 37 heavy (non-hydrogen) atoms. The van der Waals surface area contributed by atoms with E-state index >= 15 is 0 Å². The Morgan fingerprint density at radius 3 is 2.19 bits per heavy atom. The standard InChI is InChI=1S/C31H33FN2O2S/c32-28-16-29(26(23-13-14-23)15-27(28)31(35)33-37-20-21-11-12-21)36-19-22-17-34(18-22)30(24-7-3-1-4-8-24)25-9-5-2-6-10-25/h1-10,15-16,21-23,30H,11-14,17-20H2,(H,33,35). The molecule has 3 aliphatic rings. The largest absolute Gasteiger partial charge is 0.493 e. The lowest BCUT2D eigenvalue weighted by molar-refractivity contribution is 0.0375. The maximum absolute atomic E-state index is 15.0. The van der Waals surface area contributed by atoms with Gasteiger partial charge in [-0.15, -0.1) is 0 Å². The van der Waals surface area contributed by atoms with Gasteiger partial charge in [-0.2, -0.15) is 0 Å². The molecule has 2 aliphatic carbocycles. The summed E-state index contributed by atoms with van der Waals surface area (Å²) in [6.45, 7) is 2.40. The predicted molar refractivity (Wildman–Crippen MR) is 146 cm³/mol. The fraction of sp³-hybridized carbons (Fsp3) is 0.387. The molecule has 0 spiro atoms. The Kier molecular flexibility index (Phi) is 7.21. The van der Waals surface area contributed by atoms with Crippen molar-refractivity contribution in [1.29, 1.82) is 0 Å². The summed E-state index contributed by atoms with van der Waals surface area (Å²) in [7, 11) is 0. The van der Waals surface area contributed by atoms with E-state index in [-0.39, 0.29) is 17.5 Å². The lowest BCUT2D eigenvalue weighted by atomic mass is 9.90. The van der Waals surface area contributed by atoms with Crippen molar-refractivity contribution < 1.29 is 13.9 Å². The van der Waals surface area contributed by atoms with Gasteiger partial charge in [0.15, 0.2) is 0 Å². The highest BCUT2D eigenvalue weighted by molar-refractivity contribution is 7.97. The number of carbonyl (C=O) groups excluding carboxylic acids is 1. The van der Waals surface area contributed by atoms with Crippen molar-refractivity contribution in [3.05, 3.63) is 101 Å². The van der Waals surface area contributed by atoms with E-state index < -0.39 is 5.82 Å². The minimum Gasteiger partial charge on any atom is -0.493 e. The fourth-order valence-corrected chi connectivity index (χ4v) is 6.06. The molecule has 0 aromatic heterocycles. The minimum absolute atomic E-state index is 0.126. The molecule has 1 amide bonds. The molecule has 2 saturated carbocycles. The van der Waals surface area contributed by atoms with Crippen LogP contribution in [0.3, 0.4) is 0 Å². The molecule has 0 bridgehead atoms. The van der Waals surface area contributed by atoms with Gasteiger partial charge in [0.25, 0.3) is 5.91 Å². The molecule has 1 aliphatic heterocycles. The number of rotatable bonds is 11. The summed E-state index contributed by atoms with van der Waals surface area (Å²) in [4.78, 5) is 15.1. The van der Waals surface area contributed by atoms with E-state index in [2.05, 4.69) is 70.3 Å². The number of hydrogen-bond donors (Lipinski definition) is 1. The Bertz CT molecular complexity index is 1190. The average Bonchev–Trinajstić information content (AvgIpc) is 3.81. The zero-order valence-corrected chi connectivity index (χ0v) is 21.8. The van der Waals surface area contributed by atoms with Gasteiger partial charge >= 0.3 is 0 Å². The first-order valence-electron chi connectivity index (χ1n) is 13.4. The normalized spacial score (nSPS) is 18.0. The van der Waals surface area contributed by atoms with E-state index in [0.717, 1.165) is 37.2 Å². The van der Waals surface area contributed by atoms with Crippen molar-refractivity contribution in [1.82, 2.24) is 9.62 Å². The molecular formula is C31H33FN2O2S. The number of halogens is 1. The molecule has 4 nitrogen and oxygen atoms in total. The summed E-state index contributed by atoms with van der Waals surface area (Å²) in [5, 5.41) is 0. The number of hydrogen-bond acceptors (Lipinski definition) is 4. The molecule has 6 rings (SSSR count). The maximum Gasteiger partial charge on any atom is 0.264 e. The first-order valence-corrected chi connectivity index (χ1v) is 14.4. The molecule has 3 fully saturated rings. The minimum atomic E-state index is -0.507. The van der Waals surface area contributed by atoms with Crippen molar-refractivity contribution in [3.63, 3.8) is 0 Å². The Hall–Kier alpha value is -2.83. The van der Waals surface area contributed by atoms with Gasteiger partial charge in [0.05, 0.1) is 18.2 Å². The molecule has 3 aromatic rings. The summed E-state index contributed by atoms with van der Waals surface area (Å²) in [5.41, 5.74) is 3.67. The lowest BCUT2D eigenvalue weighted by Crippen LogP contribution is -2.51. The highest BCUT2D eigenvalue weighted by Gasteiger charge is 2.35. The van der Waals surface area contributed by atoms with E-state index in [1.165, 1.54) is 42.0 Å². The Morgan fingerprint density at radius 1 is 0.946 bits per heavy atom. The summed E-state index contributed by atoms with van der Waals surface area (Å²) in [6, 6.07) is 24.6. The average molecular weight is 517 g/mol. The third kappa shape index (κ3) is 5.86. The van der Waals surface area contributed by atoms with Gasteiger partial charge in [-0.25, -0.2) is 4.39 Å². The third-order valence-corrected chi connectivity index (χ3v) is 8.57. The van der Waals surface area contributed by atoms with Crippen LogP contribution >= 0.6 is 11.9 Å². The first-order chi connectivity index (χ1) is 18.2. The zero-order valence-electron chi connectivity index (χ0n) is 20.9. The zero-order chi connectivity index (χ0) is 25.2. The fourth-order valence-electron chi connectivity index (χ4n) is 5.17. The Balaban J connectivity index is 1.09.